The van der Waals surface area contributed by atoms with Crippen molar-refractivity contribution in [1.82, 2.24) is 4.31 Å². The van der Waals surface area contributed by atoms with Crippen LogP contribution in [0.25, 0.3) is 0 Å². The zero-order valence-electron chi connectivity index (χ0n) is 14.9. The number of fused-ring (bicyclic) bond motifs is 1. The van der Waals surface area contributed by atoms with Crippen molar-refractivity contribution in [1.29, 1.82) is 0 Å². The van der Waals surface area contributed by atoms with E-state index in [1.165, 1.54) is 9.87 Å². The first kappa shape index (κ1) is 18.4. The molecule has 3 fully saturated rings. The largest absolute Gasteiger partial charge is 0.373 e. The van der Waals surface area contributed by atoms with Crippen LogP contribution in [0, 0.1) is 12.8 Å². The Morgan fingerprint density at radius 1 is 1.12 bits per heavy atom. The first-order valence-corrected chi connectivity index (χ1v) is 12.4. The van der Waals surface area contributed by atoms with Crippen molar-refractivity contribution in [2.45, 2.75) is 49.4 Å². The Bertz CT molecular complexity index is 875. The summed E-state index contributed by atoms with van der Waals surface area (Å²) < 4.78 is 57.6. The summed E-state index contributed by atoms with van der Waals surface area (Å²) in [4.78, 5) is 0. The zero-order chi connectivity index (χ0) is 18.5. The molecule has 6 nitrogen and oxygen atoms in total. The molecule has 3 aliphatic rings. The number of sulfone groups is 1. The van der Waals surface area contributed by atoms with Gasteiger partial charge >= 0.3 is 0 Å². The summed E-state index contributed by atoms with van der Waals surface area (Å²) in [5.41, 5.74) is 2.22. The molecular formula is C18H25NO5S2. The number of hydrogen-bond acceptors (Lipinski definition) is 5. The second-order valence-electron chi connectivity index (χ2n) is 7.75. The van der Waals surface area contributed by atoms with E-state index in [1.54, 1.807) is 0 Å². The normalized spacial score (nSPS) is 31.7. The molecule has 144 valence electrons. The Morgan fingerprint density at radius 2 is 1.81 bits per heavy atom. The second-order valence-corrected chi connectivity index (χ2v) is 12.3. The van der Waals surface area contributed by atoms with Gasteiger partial charge in [0.05, 0.1) is 29.0 Å². The number of aryl methyl sites for hydroxylation is 1. The zero-order valence-corrected chi connectivity index (χ0v) is 16.5. The lowest BCUT2D eigenvalue weighted by Crippen LogP contribution is -2.44. The van der Waals surface area contributed by atoms with E-state index in [9.17, 15) is 16.8 Å². The van der Waals surface area contributed by atoms with Gasteiger partial charge in [-0.3, -0.25) is 0 Å². The van der Waals surface area contributed by atoms with Gasteiger partial charge in [0.15, 0.2) is 9.84 Å². The minimum Gasteiger partial charge on any atom is -0.373 e. The van der Waals surface area contributed by atoms with Gasteiger partial charge in [0.25, 0.3) is 0 Å². The second kappa shape index (κ2) is 6.58. The van der Waals surface area contributed by atoms with Crippen molar-refractivity contribution in [3.05, 3.63) is 35.4 Å². The third kappa shape index (κ3) is 3.44. The van der Waals surface area contributed by atoms with Crippen LogP contribution >= 0.6 is 0 Å². The molecule has 3 atom stereocenters. The molecule has 0 bridgehead atoms. The van der Waals surface area contributed by atoms with Crippen LogP contribution in [0.5, 0.6) is 0 Å². The predicted molar refractivity (Wildman–Crippen MR) is 99.0 cm³/mol. The van der Waals surface area contributed by atoms with E-state index in [0.717, 1.165) is 5.56 Å². The average molecular weight is 400 g/mol. The fraction of sp³-hybridized carbons (Fsp3) is 0.667. The summed E-state index contributed by atoms with van der Waals surface area (Å²) in [6.07, 6.45) is 1.60. The van der Waals surface area contributed by atoms with Crippen molar-refractivity contribution in [3.63, 3.8) is 0 Å². The third-order valence-corrected chi connectivity index (χ3v) is 10.3. The third-order valence-electron chi connectivity index (χ3n) is 5.79. The van der Waals surface area contributed by atoms with Gasteiger partial charge in [0.1, 0.15) is 0 Å². The van der Waals surface area contributed by atoms with Crippen LogP contribution < -0.4 is 0 Å². The molecule has 4 rings (SSSR count). The highest BCUT2D eigenvalue weighted by Gasteiger charge is 2.53. The number of nitrogens with zero attached hydrogens (tertiary/aromatic N) is 1. The maximum atomic E-state index is 12.6. The molecule has 2 aliphatic heterocycles. The molecular weight excluding hydrogens is 374 g/mol. The van der Waals surface area contributed by atoms with E-state index < -0.39 is 25.1 Å². The summed E-state index contributed by atoms with van der Waals surface area (Å²) >= 11 is 0. The topological polar surface area (TPSA) is 80.8 Å². The molecule has 1 saturated carbocycles. The highest BCUT2D eigenvalue weighted by molar-refractivity contribution is 7.92. The van der Waals surface area contributed by atoms with Gasteiger partial charge in [-0.05, 0) is 31.7 Å². The fourth-order valence-corrected chi connectivity index (χ4v) is 8.09. The summed E-state index contributed by atoms with van der Waals surface area (Å²) in [7, 11) is -6.62. The molecule has 0 spiro atoms. The minimum absolute atomic E-state index is 0.0735. The van der Waals surface area contributed by atoms with Crippen LogP contribution in [0.15, 0.2) is 24.3 Å². The van der Waals surface area contributed by atoms with Crippen LogP contribution in [0.3, 0.4) is 0 Å². The molecule has 0 radical (unpaired) electrons. The van der Waals surface area contributed by atoms with Gasteiger partial charge in [0.2, 0.25) is 10.0 Å². The molecule has 1 aromatic carbocycles. The molecule has 26 heavy (non-hydrogen) atoms. The molecule has 0 unspecified atom stereocenters. The van der Waals surface area contributed by atoms with Crippen LogP contribution in [0.2, 0.25) is 0 Å². The van der Waals surface area contributed by atoms with E-state index in [4.69, 9.17) is 4.74 Å². The van der Waals surface area contributed by atoms with Gasteiger partial charge in [-0.1, -0.05) is 29.8 Å². The molecule has 1 aliphatic carbocycles. The van der Waals surface area contributed by atoms with E-state index >= 15 is 0 Å². The highest BCUT2D eigenvalue weighted by Crippen LogP contribution is 2.39. The molecule has 0 N–H and O–H groups in total. The monoisotopic (exact) mass is 399 g/mol. The van der Waals surface area contributed by atoms with Gasteiger partial charge in [0, 0.05) is 19.0 Å². The van der Waals surface area contributed by atoms with Gasteiger partial charge in [-0.15, -0.1) is 0 Å². The Morgan fingerprint density at radius 3 is 2.46 bits per heavy atom. The van der Waals surface area contributed by atoms with E-state index in [2.05, 4.69) is 0 Å². The Balaban J connectivity index is 1.49. The summed E-state index contributed by atoms with van der Waals surface area (Å²) in [6, 6.07) is 8.05. The number of rotatable bonds is 5. The molecule has 2 saturated heterocycles. The maximum Gasteiger partial charge on any atom is 0.217 e. The standard InChI is InChI=1S/C18H25NO5S2/c1-13-2-4-14(5-3-13)12-24-17-8-9-25(20,21)18-11-19(10-16(17)18)26(22,23)15-6-7-15/h2-5,15-18H,6-12H2,1H3/t16-,17+,18+/m0/s1. The van der Waals surface area contributed by atoms with Crippen molar-refractivity contribution in [3.8, 4) is 0 Å². The molecule has 1 aromatic rings. The van der Waals surface area contributed by atoms with Crippen molar-refractivity contribution in [2.75, 3.05) is 18.8 Å². The average Bonchev–Trinajstić information content (AvgIpc) is 3.35. The van der Waals surface area contributed by atoms with Crippen LogP contribution in [-0.4, -0.2) is 56.6 Å². The molecule has 0 aromatic heterocycles. The molecule has 0 amide bonds. The lowest BCUT2D eigenvalue weighted by Gasteiger charge is -2.32. The van der Waals surface area contributed by atoms with Gasteiger partial charge in [-0.25, -0.2) is 16.8 Å². The van der Waals surface area contributed by atoms with Crippen molar-refractivity contribution >= 4 is 19.9 Å². The number of hydrogen-bond donors (Lipinski definition) is 0. The highest BCUT2D eigenvalue weighted by atomic mass is 32.2. The Hall–Kier alpha value is -0.960. The smallest absolute Gasteiger partial charge is 0.217 e. The minimum atomic E-state index is -3.36. The first-order chi connectivity index (χ1) is 12.3. The van der Waals surface area contributed by atoms with Crippen molar-refractivity contribution < 1.29 is 21.6 Å². The fourth-order valence-electron chi connectivity index (χ4n) is 4.03. The SMILES string of the molecule is Cc1ccc(CO[C@@H]2CCS(=O)(=O)[C@@H]3CN(S(=O)(=O)C4CC4)C[C@H]32)cc1. The number of sulfonamides is 1. The predicted octanol–water partition coefficient (Wildman–Crippen LogP) is 1.49. The maximum absolute atomic E-state index is 12.6. The van der Waals surface area contributed by atoms with E-state index in [0.29, 0.717) is 25.9 Å². The lowest BCUT2D eigenvalue weighted by molar-refractivity contribution is 0.000674. The van der Waals surface area contributed by atoms with Gasteiger partial charge < -0.3 is 4.74 Å². The first-order valence-electron chi connectivity index (χ1n) is 9.15. The van der Waals surface area contributed by atoms with Gasteiger partial charge in [-0.2, -0.15) is 4.31 Å². The van der Waals surface area contributed by atoms with E-state index in [-0.39, 0.29) is 36.1 Å². The summed E-state index contributed by atoms with van der Waals surface area (Å²) in [6.45, 7) is 2.80. The Kier molecular flexibility index (Phi) is 4.66. The summed E-state index contributed by atoms with van der Waals surface area (Å²) in [5.74, 6) is -0.197. The lowest BCUT2D eigenvalue weighted by atomic mass is 9.98. The van der Waals surface area contributed by atoms with E-state index in [1.807, 2.05) is 31.2 Å². The van der Waals surface area contributed by atoms with Crippen LogP contribution in [0.4, 0.5) is 0 Å². The molecule has 2 heterocycles. The summed E-state index contributed by atoms with van der Waals surface area (Å²) in [5, 5.41) is -0.940. The quantitative estimate of drug-likeness (QED) is 0.749. The number of ether oxygens (including phenoxy) is 1. The molecule has 8 heteroatoms. The Labute approximate surface area is 155 Å². The number of benzene rings is 1. The van der Waals surface area contributed by atoms with Crippen molar-refractivity contribution in [2.24, 2.45) is 5.92 Å². The van der Waals surface area contributed by atoms with Crippen LogP contribution in [-0.2, 0) is 31.2 Å². The van der Waals surface area contributed by atoms with Crippen LogP contribution in [0.1, 0.15) is 30.4 Å².